The Labute approximate surface area is 172 Å². The molecule has 150 valence electrons. The lowest BCUT2D eigenvalue weighted by atomic mass is 10.1. The first-order valence-corrected chi connectivity index (χ1v) is 10.5. The maximum Gasteiger partial charge on any atom is 0.265 e. The van der Waals surface area contributed by atoms with Gasteiger partial charge in [-0.1, -0.05) is 6.07 Å². The molecule has 2 aliphatic rings. The van der Waals surface area contributed by atoms with Crippen LogP contribution < -0.4 is 20.3 Å². The van der Waals surface area contributed by atoms with E-state index in [2.05, 4.69) is 10.6 Å². The molecule has 0 aliphatic carbocycles. The summed E-state index contributed by atoms with van der Waals surface area (Å²) in [5.41, 5.74) is 1.87. The number of benzene rings is 2. The van der Waals surface area contributed by atoms with Gasteiger partial charge >= 0.3 is 0 Å². The number of ether oxygens (including phenoxy) is 1. The van der Waals surface area contributed by atoms with E-state index in [1.165, 1.54) is 0 Å². The number of nitrogens with one attached hydrogen (secondary N) is 2. The molecule has 8 heteroatoms. The summed E-state index contributed by atoms with van der Waals surface area (Å²) in [7, 11) is 0. The molecule has 4 rings (SSSR count). The molecule has 0 saturated carbocycles. The summed E-state index contributed by atoms with van der Waals surface area (Å²) in [5.74, 6) is -0.402. The zero-order valence-corrected chi connectivity index (χ0v) is 16.9. The Hall–Kier alpha value is -3.00. The van der Waals surface area contributed by atoms with Crippen molar-refractivity contribution in [2.45, 2.75) is 24.3 Å². The molecule has 0 bridgehead atoms. The summed E-state index contributed by atoms with van der Waals surface area (Å²) < 4.78 is 5.52. The lowest BCUT2D eigenvalue weighted by Crippen LogP contribution is -2.34. The maximum atomic E-state index is 12.7. The number of anilines is 3. The summed E-state index contributed by atoms with van der Waals surface area (Å²) in [6.07, 6.45) is 1.59. The Bertz CT molecular complexity index is 994. The van der Waals surface area contributed by atoms with E-state index in [4.69, 9.17) is 4.74 Å². The molecule has 2 aromatic carbocycles. The average molecular weight is 411 g/mol. The van der Waals surface area contributed by atoms with E-state index in [9.17, 15) is 14.4 Å². The predicted octanol–water partition coefficient (Wildman–Crippen LogP) is 3.12. The lowest BCUT2D eigenvalue weighted by molar-refractivity contribution is -0.122. The molecule has 2 aliphatic heterocycles. The summed E-state index contributed by atoms with van der Waals surface area (Å²) in [5, 5.41) is 5.61. The maximum absolute atomic E-state index is 12.7. The summed E-state index contributed by atoms with van der Waals surface area (Å²) in [4.78, 5) is 39.7. The van der Waals surface area contributed by atoms with Crippen LogP contribution >= 0.6 is 11.8 Å². The predicted molar refractivity (Wildman–Crippen MR) is 112 cm³/mol. The number of fused-ring (bicyclic) bond motifs is 1. The number of hydrogen-bond donors (Lipinski definition) is 2. The van der Waals surface area contributed by atoms with Crippen LogP contribution in [-0.4, -0.2) is 36.6 Å². The van der Waals surface area contributed by atoms with Crippen LogP contribution in [0.4, 0.5) is 17.1 Å². The van der Waals surface area contributed by atoms with Crippen LogP contribution in [0.25, 0.3) is 0 Å². The van der Waals surface area contributed by atoms with Crippen molar-refractivity contribution in [2.24, 2.45) is 5.92 Å². The van der Waals surface area contributed by atoms with E-state index in [-0.39, 0.29) is 24.1 Å². The van der Waals surface area contributed by atoms with Gasteiger partial charge in [-0.3, -0.25) is 14.4 Å². The highest BCUT2D eigenvalue weighted by Crippen LogP contribution is 2.33. The van der Waals surface area contributed by atoms with Crippen LogP contribution in [0.1, 0.15) is 13.3 Å². The normalized spacial score (nSPS) is 20.7. The van der Waals surface area contributed by atoms with Crippen molar-refractivity contribution in [3.05, 3.63) is 42.5 Å². The van der Waals surface area contributed by atoms with Crippen molar-refractivity contribution < 1.29 is 19.1 Å². The molecule has 2 atom stereocenters. The minimum atomic E-state index is -0.553. The molecule has 0 radical (unpaired) electrons. The first kappa shape index (κ1) is 19.3. The topological polar surface area (TPSA) is 87.7 Å². The molecule has 29 heavy (non-hydrogen) atoms. The fourth-order valence-electron chi connectivity index (χ4n) is 3.44. The highest BCUT2D eigenvalue weighted by Gasteiger charge is 2.35. The van der Waals surface area contributed by atoms with E-state index in [1.807, 2.05) is 30.5 Å². The van der Waals surface area contributed by atoms with E-state index >= 15 is 0 Å². The molecule has 2 heterocycles. The smallest absolute Gasteiger partial charge is 0.265 e. The summed E-state index contributed by atoms with van der Waals surface area (Å²) >= 11 is 1.61. The van der Waals surface area contributed by atoms with Gasteiger partial charge < -0.3 is 20.3 Å². The van der Waals surface area contributed by atoms with Gasteiger partial charge in [-0.15, -0.1) is 11.8 Å². The fourth-order valence-corrected chi connectivity index (χ4v) is 3.90. The Morgan fingerprint density at radius 2 is 2.07 bits per heavy atom. The SMILES string of the molecule is CSc1cccc(N2C[C@@H](C(=O)Nc3ccc4c(c3)NC(=O)[C@H](C)O4)CC2=O)c1. The number of carbonyl (C=O) groups is 3. The van der Waals surface area contributed by atoms with Crippen molar-refractivity contribution in [2.75, 3.05) is 28.3 Å². The molecule has 2 aromatic rings. The largest absolute Gasteiger partial charge is 0.479 e. The number of thioether (sulfide) groups is 1. The van der Waals surface area contributed by atoms with Crippen molar-refractivity contribution in [1.29, 1.82) is 0 Å². The van der Waals surface area contributed by atoms with E-state index in [1.54, 1.807) is 41.8 Å². The Morgan fingerprint density at radius 3 is 2.86 bits per heavy atom. The Kier molecular flexibility index (Phi) is 5.19. The van der Waals surface area contributed by atoms with Gasteiger partial charge in [-0.2, -0.15) is 0 Å². The van der Waals surface area contributed by atoms with Gasteiger partial charge in [0.05, 0.1) is 11.6 Å². The van der Waals surface area contributed by atoms with Gasteiger partial charge in [-0.05, 0) is 49.6 Å². The minimum absolute atomic E-state index is 0.0662. The zero-order chi connectivity index (χ0) is 20.5. The van der Waals surface area contributed by atoms with Crippen molar-refractivity contribution >= 4 is 46.5 Å². The molecular formula is C21H21N3O4S. The van der Waals surface area contributed by atoms with E-state index in [0.717, 1.165) is 10.6 Å². The van der Waals surface area contributed by atoms with Crippen LogP contribution in [0.2, 0.25) is 0 Å². The second-order valence-corrected chi connectivity index (χ2v) is 7.94. The number of carbonyl (C=O) groups excluding carboxylic acids is 3. The van der Waals surface area contributed by atoms with E-state index in [0.29, 0.717) is 23.7 Å². The number of nitrogens with zero attached hydrogens (tertiary/aromatic N) is 1. The highest BCUT2D eigenvalue weighted by molar-refractivity contribution is 7.98. The lowest BCUT2D eigenvalue weighted by Gasteiger charge is -2.24. The Morgan fingerprint density at radius 1 is 1.24 bits per heavy atom. The minimum Gasteiger partial charge on any atom is -0.479 e. The highest BCUT2D eigenvalue weighted by atomic mass is 32.2. The molecule has 7 nitrogen and oxygen atoms in total. The van der Waals surface area contributed by atoms with E-state index < -0.39 is 12.0 Å². The first-order valence-electron chi connectivity index (χ1n) is 9.31. The van der Waals surface area contributed by atoms with Crippen LogP contribution in [0, 0.1) is 5.92 Å². The molecule has 2 N–H and O–H groups in total. The molecule has 0 spiro atoms. The molecule has 0 aromatic heterocycles. The summed E-state index contributed by atoms with van der Waals surface area (Å²) in [6.45, 7) is 2.01. The molecule has 3 amide bonds. The second kappa shape index (κ2) is 7.79. The van der Waals surface area contributed by atoms with Gasteiger partial charge in [-0.25, -0.2) is 0 Å². The average Bonchev–Trinajstić information content (AvgIpc) is 3.11. The third kappa shape index (κ3) is 3.93. The van der Waals surface area contributed by atoms with Gasteiger partial charge in [0.1, 0.15) is 5.75 Å². The standard InChI is InChI=1S/C21H21N3O4S/c1-12-20(26)23-17-9-14(6-7-18(17)28-12)22-21(27)13-8-19(25)24(11-13)15-4-3-5-16(10-15)29-2/h3-7,9-10,12-13H,8,11H2,1-2H3,(H,22,27)(H,23,26)/t12-,13-/m0/s1. The van der Waals surface area contributed by atoms with Crippen LogP contribution in [0.15, 0.2) is 47.4 Å². The number of rotatable bonds is 4. The number of amides is 3. The third-order valence-corrected chi connectivity index (χ3v) is 5.76. The van der Waals surface area contributed by atoms with Crippen molar-refractivity contribution in [3.8, 4) is 5.75 Å². The van der Waals surface area contributed by atoms with Crippen LogP contribution in [0.5, 0.6) is 5.75 Å². The molecular weight excluding hydrogens is 390 g/mol. The van der Waals surface area contributed by atoms with Gasteiger partial charge in [0, 0.05) is 29.2 Å². The summed E-state index contributed by atoms with van der Waals surface area (Å²) in [6, 6.07) is 12.8. The molecule has 1 fully saturated rings. The van der Waals surface area contributed by atoms with Gasteiger partial charge in [0.2, 0.25) is 11.8 Å². The fraction of sp³-hybridized carbons (Fsp3) is 0.286. The Balaban J connectivity index is 1.45. The van der Waals surface area contributed by atoms with Gasteiger partial charge in [0.25, 0.3) is 5.91 Å². The van der Waals surface area contributed by atoms with Crippen molar-refractivity contribution in [3.63, 3.8) is 0 Å². The zero-order valence-electron chi connectivity index (χ0n) is 16.1. The second-order valence-electron chi connectivity index (χ2n) is 7.06. The third-order valence-electron chi connectivity index (χ3n) is 5.04. The van der Waals surface area contributed by atoms with Crippen LogP contribution in [0.3, 0.4) is 0 Å². The van der Waals surface area contributed by atoms with Crippen LogP contribution in [-0.2, 0) is 14.4 Å². The molecule has 0 unspecified atom stereocenters. The number of hydrogen-bond acceptors (Lipinski definition) is 5. The van der Waals surface area contributed by atoms with Crippen molar-refractivity contribution in [1.82, 2.24) is 0 Å². The first-order chi connectivity index (χ1) is 13.9. The quantitative estimate of drug-likeness (QED) is 0.755. The monoisotopic (exact) mass is 411 g/mol. The molecule has 1 saturated heterocycles. The van der Waals surface area contributed by atoms with Gasteiger partial charge in [0.15, 0.2) is 6.10 Å².